The smallest absolute Gasteiger partial charge is 0.394 e. The quantitative estimate of drug-likeness (QED) is 0.0196. The average molecular weight is 942 g/mol. The van der Waals surface area contributed by atoms with Gasteiger partial charge in [-0.1, -0.05) is 96.2 Å². The highest BCUT2D eigenvalue weighted by atomic mass is 32.3. The number of pyridine rings is 1. The maximum atomic E-state index is 13.6. The highest BCUT2D eigenvalue weighted by molar-refractivity contribution is 7.79. The molecule has 18 nitrogen and oxygen atoms in total. The number of hydrogen-bond donors (Lipinski definition) is 2. The van der Waals surface area contributed by atoms with Crippen molar-refractivity contribution in [2.24, 2.45) is 5.16 Å². The van der Waals surface area contributed by atoms with Crippen LogP contribution in [0.4, 0.5) is 0 Å². The van der Waals surface area contributed by atoms with Crippen molar-refractivity contribution in [2.45, 2.75) is 20.5 Å². The number of benzene rings is 5. The number of hydrogen-bond acceptors (Lipinski definition) is 16. The summed E-state index contributed by atoms with van der Waals surface area (Å²) in [5, 5.41) is 14.0. The van der Waals surface area contributed by atoms with Gasteiger partial charge >= 0.3 is 22.3 Å². The second-order valence-electron chi connectivity index (χ2n) is 13.6. The van der Waals surface area contributed by atoms with E-state index in [0.29, 0.717) is 51.8 Å². The summed E-state index contributed by atoms with van der Waals surface area (Å²) in [6.07, 6.45) is 2.92. The fourth-order valence-electron chi connectivity index (χ4n) is 6.06. The topological polar surface area (TPSA) is 248 Å². The summed E-state index contributed by atoms with van der Waals surface area (Å²) in [6, 6.07) is 41.5. The molecule has 2 N–H and O–H groups in total. The number of esters is 2. The van der Waals surface area contributed by atoms with Gasteiger partial charge < -0.3 is 33.3 Å². The van der Waals surface area contributed by atoms with Crippen LogP contribution in [0, 0.1) is 18.3 Å². The van der Waals surface area contributed by atoms with Gasteiger partial charge in [-0.05, 0) is 61.4 Å². The summed E-state index contributed by atoms with van der Waals surface area (Å²) in [5.74, 6) is 1.25. The SMILES string of the molecule is CO/C(C)=C(/C(=O)Oc1cccc2cccnc12)c1ccccc1Oc1cc(Oc2ccccc2C#N)ncn1.CO/N=C(/C(=O)OC)c1ccccc1COc1ccccc1C.O=S(=O)(O)O. The maximum absolute atomic E-state index is 13.6. The number of carbonyl (C=O) groups is 2. The molecule has 5 aromatic carbocycles. The molecule has 7 rings (SSSR count). The highest BCUT2D eigenvalue weighted by Gasteiger charge is 2.24. The van der Waals surface area contributed by atoms with E-state index in [1.165, 1.54) is 33.7 Å². The molecule has 348 valence electrons. The van der Waals surface area contributed by atoms with Crippen LogP contribution in [-0.2, 0) is 40.9 Å². The van der Waals surface area contributed by atoms with E-state index in [0.717, 1.165) is 22.3 Å². The Morgan fingerprint density at radius 3 is 1.94 bits per heavy atom. The predicted octanol–water partition coefficient (Wildman–Crippen LogP) is 8.91. The Kier molecular flexibility index (Phi) is 18.2. The lowest BCUT2D eigenvalue weighted by Crippen LogP contribution is -2.19. The summed E-state index contributed by atoms with van der Waals surface area (Å²) in [7, 11) is -0.506. The molecular formula is C49H43N5O13S. The average Bonchev–Trinajstić information content (AvgIpc) is 3.33. The lowest BCUT2D eigenvalue weighted by Gasteiger charge is -2.16. The number of aryl methyl sites for hydroxylation is 1. The fraction of sp³-hybridized carbons (Fsp3) is 0.122. The molecule has 0 spiro atoms. The van der Waals surface area contributed by atoms with Crippen molar-refractivity contribution >= 4 is 44.5 Å². The minimum absolute atomic E-state index is 0.110. The fourth-order valence-corrected chi connectivity index (χ4v) is 6.06. The van der Waals surface area contributed by atoms with Gasteiger partial charge in [-0.2, -0.15) is 13.7 Å². The Morgan fingerprint density at radius 1 is 0.691 bits per heavy atom. The van der Waals surface area contributed by atoms with Crippen molar-refractivity contribution < 1.29 is 60.4 Å². The van der Waals surface area contributed by atoms with Crippen LogP contribution in [0.2, 0.25) is 0 Å². The minimum Gasteiger partial charge on any atom is -0.500 e. The van der Waals surface area contributed by atoms with Crippen molar-refractivity contribution in [1.82, 2.24) is 15.0 Å². The molecule has 0 atom stereocenters. The molecule has 0 saturated heterocycles. The number of aromatic nitrogens is 3. The van der Waals surface area contributed by atoms with E-state index in [2.05, 4.69) is 26.2 Å². The van der Waals surface area contributed by atoms with Gasteiger partial charge in [0.05, 0.1) is 25.8 Å². The highest BCUT2D eigenvalue weighted by Crippen LogP contribution is 2.35. The molecular weight excluding hydrogens is 899 g/mol. The summed E-state index contributed by atoms with van der Waals surface area (Å²) in [6.45, 7) is 3.95. The molecule has 7 aromatic rings. The van der Waals surface area contributed by atoms with E-state index in [9.17, 15) is 14.9 Å². The molecule has 0 fully saturated rings. The first kappa shape index (κ1) is 50.3. The lowest BCUT2D eigenvalue weighted by atomic mass is 10.0. The molecule has 0 radical (unpaired) electrons. The third-order valence-electron chi connectivity index (χ3n) is 9.18. The van der Waals surface area contributed by atoms with Crippen molar-refractivity contribution in [1.29, 1.82) is 5.26 Å². The third-order valence-corrected chi connectivity index (χ3v) is 9.18. The number of carbonyl (C=O) groups excluding carboxylic acids is 2. The molecule has 0 aliphatic rings. The van der Waals surface area contributed by atoms with Crippen LogP contribution in [0.3, 0.4) is 0 Å². The number of allylic oxidation sites excluding steroid dienone is 1. The van der Waals surface area contributed by atoms with Crippen molar-refractivity contribution in [3.05, 3.63) is 180 Å². The number of ether oxygens (including phenoxy) is 6. The van der Waals surface area contributed by atoms with E-state index in [1.54, 1.807) is 79.9 Å². The zero-order chi connectivity index (χ0) is 49.1. The Hall–Kier alpha value is -8.70. The van der Waals surface area contributed by atoms with Crippen LogP contribution >= 0.6 is 0 Å². The standard InChI is InChI=1S/C31H22N4O5.C18H19NO4.H2O4S/c1-20(37-2)29(31(36)40-26-15-7-10-21-11-8-16-33-30(21)26)23-12-4-6-14-25(23)39-28-17-27(34-19-35-28)38-24-13-5-3-9-22(24)18-32;1-13-8-4-7-11-16(13)23-12-14-9-5-6-10-15(14)17(19-22-3)18(20)21-2;1-5(2,3)4/h3-17,19H,1-2H3;4-11H,12H2,1-3H3;(H2,1,2,3,4)/b29-20+;19-17+;. The van der Waals surface area contributed by atoms with E-state index >= 15 is 0 Å². The molecule has 0 aliphatic carbocycles. The van der Waals surface area contributed by atoms with Gasteiger partial charge in [0.15, 0.2) is 11.5 Å². The number of nitrogens with zero attached hydrogens (tertiary/aromatic N) is 5. The summed E-state index contributed by atoms with van der Waals surface area (Å²) in [5.41, 5.74) is 4.10. The third kappa shape index (κ3) is 14.4. The number of fused-ring (bicyclic) bond motifs is 1. The summed E-state index contributed by atoms with van der Waals surface area (Å²) in [4.78, 5) is 42.9. The summed E-state index contributed by atoms with van der Waals surface area (Å²) < 4.78 is 65.4. The van der Waals surface area contributed by atoms with Crippen LogP contribution in [-0.4, -0.2) is 71.5 Å². The van der Waals surface area contributed by atoms with Crippen LogP contribution in [0.25, 0.3) is 16.5 Å². The number of oxime groups is 1. The first-order chi connectivity index (χ1) is 32.7. The largest absolute Gasteiger partial charge is 0.500 e. The van der Waals surface area contributed by atoms with E-state index in [4.69, 9.17) is 50.8 Å². The molecule has 2 heterocycles. The van der Waals surface area contributed by atoms with Crippen LogP contribution in [0.5, 0.6) is 34.8 Å². The van der Waals surface area contributed by atoms with Gasteiger partial charge in [0.2, 0.25) is 11.8 Å². The van der Waals surface area contributed by atoms with E-state index < -0.39 is 22.3 Å². The zero-order valence-electron chi connectivity index (χ0n) is 37.1. The number of rotatable bonds is 14. The van der Waals surface area contributed by atoms with Crippen molar-refractivity contribution in [3.8, 4) is 40.8 Å². The van der Waals surface area contributed by atoms with E-state index in [1.807, 2.05) is 67.6 Å². The minimum atomic E-state index is -4.67. The molecule has 0 saturated carbocycles. The van der Waals surface area contributed by atoms with Crippen LogP contribution < -0.4 is 18.9 Å². The van der Waals surface area contributed by atoms with Crippen molar-refractivity contribution in [3.63, 3.8) is 0 Å². The Labute approximate surface area is 391 Å². The number of nitriles is 1. The first-order valence-electron chi connectivity index (χ1n) is 20.0. The first-order valence-corrected chi connectivity index (χ1v) is 21.4. The van der Waals surface area contributed by atoms with Crippen molar-refractivity contribution in [2.75, 3.05) is 21.3 Å². The predicted molar refractivity (Wildman–Crippen MR) is 248 cm³/mol. The molecule has 0 unspecified atom stereocenters. The van der Waals surface area contributed by atoms with Gasteiger partial charge in [0.25, 0.3) is 0 Å². The van der Waals surface area contributed by atoms with E-state index in [-0.39, 0.29) is 23.0 Å². The Morgan fingerprint density at radius 2 is 1.28 bits per heavy atom. The van der Waals surface area contributed by atoms with Gasteiger partial charge in [0.1, 0.15) is 60.2 Å². The Bertz CT molecular complexity index is 3090. The second kappa shape index (κ2) is 24.6. The monoisotopic (exact) mass is 941 g/mol. The van der Waals surface area contributed by atoms with Gasteiger partial charge in [0, 0.05) is 22.7 Å². The van der Waals surface area contributed by atoms with Gasteiger partial charge in [-0.15, -0.1) is 0 Å². The van der Waals surface area contributed by atoms with Crippen LogP contribution in [0.15, 0.2) is 157 Å². The molecule has 19 heteroatoms. The zero-order valence-corrected chi connectivity index (χ0v) is 37.9. The molecule has 0 amide bonds. The maximum Gasteiger partial charge on any atom is 0.394 e. The van der Waals surface area contributed by atoms with Gasteiger partial charge in [-0.3, -0.25) is 14.1 Å². The lowest BCUT2D eigenvalue weighted by molar-refractivity contribution is -0.133. The van der Waals surface area contributed by atoms with Crippen LogP contribution in [0.1, 0.15) is 34.7 Å². The summed E-state index contributed by atoms with van der Waals surface area (Å²) >= 11 is 0. The number of methoxy groups -OCH3 is 2. The second-order valence-corrected chi connectivity index (χ2v) is 14.5. The molecule has 2 aromatic heterocycles. The normalized spacial score (nSPS) is 11.2. The molecule has 0 aliphatic heterocycles. The molecule has 68 heavy (non-hydrogen) atoms. The van der Waals surface area contributed by atoms with Gasteiger partial charge in [-0.25, -0.2) is 19.6 Å². The Balaban J connectivity index is 0.000000260. The number of para-hydroxylation sites is 4. The molecule has 0 bridgehead atoms.